The number of esters is 1. The minimum absolute atomic E-state index is 0.0319. The van der Waals surface area contributed by atoms with Gasteiger partial charge in [-0.1, -0.05) is 19.9 Å². The molecule has 0 bridgehead atoms. The molecule has 0 aromatic carbocycles. The molecule has 0 radical (unpaired) electrons. The summed E-state index contributed by atoms with van der Waals surface area (Å²) in [4.78, 5) is 14.6. The zero-order chi connectivity index (χ0) is 48.2. The number of rotatable bonds is 12. The fourth-order valence-corrected chi connectivity index (χ4v) is 12.0. The molecule has 0 aromatic heterocycles. The Hall–Kier alpha value is -1.63. The van der Waals surface area contributed by atoms with E-state index < -0.39 is 172 Å². The monoisotopic (exact) mass is 954 g/mol. The molecule has 0 amide bonds. The van der Waals surface area contributed by atoms with Gasteiger partial charge in [-0.25, -0.2) is 0 Å². The van der Waals surface area contributed by atoms with E-state index in [1.807, 2.05) is 0 Å². The number of aliphatic hydroxyl groups excluding tert-OH is 14. The van der Waals surface area contributed by atoms with Crippen LogP contribution in [0.15, 0.2) is 12.2 Å². The van der Waals surface area contributed by atoms with Gasteiger partial charge in [0.15, 0.2) is 25.0 Å². The van der Waals surface area contributed by atoms with Crippen LogP contribution in [0.2, 0.25) is 0 Å². The molecule has 380 valence electrons. The first-order valence-corrected chi connectivity index (χ1v) is 23.0. The van der Waals surface area contributed by atoms with E-state index in [-0.39, 0.29) is 17.8 Å². The highest BCUT2D eigenvalue weighted by Gasteiger charge is 2.61. The van der Waals surface area contributed by atoms with Crippen molar-refractivity contribution in [2.24, 2.45) is 28.6 Å². The topological polar surface area (TPSA) is 374 Å². The highest BCUT2D eigenvalue weighted by molar-refractivity contribution is 5.77. The van der Waals surface area contributed by atoms with Crippen LogP contribution >= 0.6 is 0 Å². The minimum atomic E-state index is -1.90. The fourth-order valence-electron chi connectivity index (χ4n) is 12.0. The summed E-state index contributed by atoms with van der Waals surface area (Å²) < 4.78 is 46.5. The zero-order valence-corrected chi connectivity index (χ0v) is 37.0. The molecule has 3 saturated carbocycles. The molecule has 26 atom stereocenters. The molecule has 0 spiro atoms. The van der Waals surface area contributed by atoms with Crippen molar-refractivity contribution in [2.75, 3.05) is 26.4 Å². The number of aliphatic hydroxyl groups is 14. The predicted octanol–water partition coefficient (Wildman–Crippen LogP) is -5.26. The summed E-state index contributed by atoms with van der Waals surface area (Å²) in [5.41, 5.74) is -0.861. The van der Waals surface area contributed by atoms with E-state index in [0.717, 1.165) is 6.42 Å². The summed E-state index contributed by atoms with van der Waals surface area (Å²) in [7, 11) is 0. The number of fused-ring (bicyclic) bond motifs is 3. The second-order valence-corrected chi connectivity index (χ2v) is 19.8. The molecule has 4 aliphatic heterocycles. The second-order valence-electron chi connectivity index (χ2n) is 19.8. The molecule has 7 rings (SSSR count). The molecule has 3 aliphatic carbocycles. The van der Waals surface area contributed by atoms with Gasteiger partial charge in [-0.3, -0.25) is 4.79 Å². The average Bonchev–Trinajstić information content (AvgIpc) is 3.46. The fraction of sp³-hybridized carbons (Fsp3) is 0.930. The lowest BCUT2D eigenvalue weighted by Crippen LogP contribution is -2.65. The van der Waals surface area contributed by atoms with Gasteiger partial charge >= 0.3 is 5.97 Å². The molecule has 23 heteroatoms. The molecule has 4 heterocycles. The Balaban J connectivity index is 1.05. The first-order valence-electron chi connectivity index (χ1n) is 23.0. The summed E-state index contributed by atoms with van der Waals surface area (Å²) in [6.45, 7) is 5.30. The van der Waals surface area contributed by atoms with Gasteiger partial charge in [0.25, 0.3) is 0 Å². The van der Waals surface area contributed by atoms with Crippen LogP contribution in [-0.2, 0) is 42.7 Å². The Bertz CT molecular complexity index is 1640. The standard InChI is InChI=1S/C43H70O23/c1-16-11-17-5-8-24-42(2,18(17)6-7-19(16)59-39-34(57)35(28(51)23(15-47)62-39)64-37-32(55)29(52)25(48)20(12-44)60-37)9-4-10-43(24,3)41(58)66-40-36(31(54)27(50)22(14-46)63-40)65-38-33(56)30(53)26(49)21(13-45)61-38/h17-40,44-57H,1,4-15H2,2-3H3/t17?,18-,19?,20?,21?,22?,23?,24?,25?,26?,27?,28?,29?,30?,31?,32?,33?,34?,35?,36?,37?,38?,39?,40?,42+,43-/m1/s1. The Morgan fingerprint density at radius 1 is 0.561 bits per heavy atom. The first kappa shape index (κ1) is 52.2. The Morgan fingerprint density at radius 2 is 1.05 bits per heavy atom. The van der Waals surface area contributed by atoms with Crippen molar-refractivity contribution >= 4 is 5.97 Å². The Morgan fingerprint density at radius 3 is 1.59 bits per heavy atom. The predicted molar refractivity (Wildman–Crippen MR) is 217 cm³/mol. The number of hydrogen-bond acceptors (Lipinski definition) is 23. The van der Waals surface area contributed by atoms with Gasteiger partial charge in [0.2, 0.25) is 6.29 Å². The average molecular weight is 955 g/mol. The van der Waals surface area contributed by atoms with Gasteiger partial charge in [-0.2, -0.15) is 0 Å². The van der Waals surface area contributed by atoms with Crippen molar-refractivity contribution in [1.82, 2.24) is 0 Å². The third kappa shape index (κ3) is 9.61. The van der Waals surface area contributed by atoms with Crippen LogP contribution in [0.4, 0.5) is 0 Å². The quantitative estimate of drug-likeness (QED) is 0.0642. The van der Waals surface area contributed by atoms with E-state index in [1.165, 1.54) is 0 Å². The van der Waals surface area contributed by atoms with Crippen molar-refractivity contribution < 1.29 is 114 Å². The van der Waals surface area contributed by atoms with E-state index in [2.05, 4.69) is 13.5 Å². The maximum atomic E-state index is 14.6. The molecule has 0 aromatic rings. The number of carbonyl (C=O) groups is 1. The highest BCUT2D eigenvalue weighted by atomic mass is 16.8. The lowest BCUT2D eigenvalue weighted by molar-refractivity contribution is -0.363. The van der Waals surface area contributed by atoms with Gasteiger partial charge < -0.3 is 109 Å². The summed E-state index contributed by atoms with van der Waals surface area (Å²) >= 11 is 0. The van der Waals surface area contributed by atoms with Crippen LogP contribution in [0.5, 0.6) is 0 Å². The SMILES string of the molecule is C=C1CC2CCC3[C@](C)(C(=O)OC4OC(CO)C(O)C(O)C4OC4OC(CO)C(O)C(O)C4O)CCC[C@@]3(C)[C@@H]2CCC1OC1OC(CO)C(O)C(OC2OC(CO)C(O)C(O)C2O)C1O. The normalized spacial score (nSPS) is 52.5. The maximum Gasteiger partial charge on any atom is 0.314 e. The Labute approximate surface area is 381 Å². The van der Waals surface area contributed by atoms with Crippen molar-refractivity contribution in [3.05, 3.63) is 12.2 Å². The van der Waals surface area contributed by atoms with E-state index in [9.17, 15) is 76.3 Å². The maximum absolute atomic E-state index is 14.6. The zero-order valence-electron chi connectivity index (χ0n) is 37.0. The van der Waals surface area contributed by atoms with Gasteiger partial charge in [0.1, 0.15) is 91.6 Å². The number of carbonyl (C=O) groups excluding carboxylic acids is 1. The second kappa shape index (κ2) is 21.0. The van der Waals surface area contributed by atoms with Crippen molar-refractivity contribution in [3.8, 4) is 0 Å². The molecule has 7 fully saturated rings. The largest absolute Gasteiger partial charge is 0.432 e. The summed E-state index contributed by atoms with van der Waals surface area (Å²) in [6.07, 6.45) is -29.4. The molecule has 23 nitrogen and oxygen atoms in total. The van der Waals surface area contributed by atoms with E-state index in [1.54, 1.807) is 6.92 Å². The van der Waals surface area contributed by atoms with Gasteiger partial charge in [0, 0.05) is 0 Å². The third-order valence-electron chi connectivity index (χ3n) is 15.9. The van der Waals surface area contributed by atoms with Crippen molar-refractivity contribution in [1.29, 1.82) is 0 Å². The van der Waals surface area contributed by atoms with E-state index in [0.29, 0.717) is 50.5 Å². The molecule has 66 heavy (non-hydrogen) atoms. The lowest BCUT2D eigenvalue weighted by Gasteiger charge is -2.59. The lowest BCUT2D eigenvalue weighted by atomic mass is 9.45. The van der Waals surface area contributed by atoms with Crippen LogP contribution in [0.1, 0.15) is 65.2 Å². The summed E-state index contributed by atoms with van der Waals surface area (Å²) in [5, 5.41) is 146. The Kier molecular flexibility index (Phi) is 16.6. The van der Waals surface area contributed by atoms with Crippen LogP contribution in [0.25, 0.3) is 0 Å². The smallest absolute Gasteiger partial charge is 0.314 e. The molecule has 14 N–H and O–H groups in total. The van der Waals surface area contributed by atoms with E-state index in [4.69, 9.17) is 37.9 Å². The minimum Gasteiger partial charge on any atom is -0.432 e. The van der Waals surface area contributed by atoms with Gasteiger partial charge in [0.05, 0.1) is 37.9 Å². The van der Waals surface area contributed by atoms with E-state index >= 15 is 0 Å². The molecular formula is C43H70O23. The van der Waals surface area contributed by atoms with Gasteiger partial charge in [-0.05, 0) is 80.6 Å². The van der Waals surface area contributed by atoms with Crippen LogP contribution in [0, 0.1) is 28.6 Å². The molecular weight excluding hydrogens is 884 g/mol. The third-order valence-corrected chi connectivity index (χ3v) is 15.9. The van der Waals surface area contributed by atoms with Crippen LogP contribution in [-0.4, -0.2) is 233 Å². The molecule has 4 saturated heterocycles. The highest BCUT2D eigenvalue weighted by Crippen LogP contribution is 2.64. The van der Waals surface area contributed by atoms with Crippen molar-refractivity contribution in [2.45, 2.75) is 194 Å². The number of ether oxygens (including phenoxy) is 8. The van der Waals surface area contributed by atoms with Gasteiger partial charge in [-0.15, -0.1) is 0 Å². The van der Waals surface area contributed by atoms with Crippen LogP contribution in [0.3, 0.4) is 0 Å². The number of hydrogen-bond donors (Lipinski definition) is 14. The first-order chi connectivity index (χ1) is 31.2. The molecule has 7 aliphatic rings. The molecule has 23 unspecified atom stereocenters. The summed E-state index contributed by atoms with van der Waals surface area (Å²) in [6, 6.07) is 0. The van der Waals surface area contributed by atoms with Crippen molar-refractivity contribution in [3.63, 3.8) is 0 Å². The van der Waals surface area contributed by atoms with Crippen LogP contribution < -0.4 is 0 Å². The summed E-state index contributed by atoms with van der Waals surface area (Å²) in [5.74, 6) is -0.804.